The predicted octanol–water partition coefficient (Wildman–Crippen LogP) is 1.55. The fraction of sp³-hybridized carbons (Fsp3) is 0.900. The van der Waals surface area contributed by atoms with Crippen LogP contribution in [-0.2, 0) is 10.8 Å². The lowest BCUT2D eigenvalue weighted by Gasteiger charge is -2.05. The Morgan fingerprint density at radius 1 is 1.25 bits per heavy atom. The lowest BCUT2D eigenvalue weighted by molar-refractivity contribution is 0.403. The van der Waals surface area contributed by atoms with Crippen LogP contribution >= 0.6 is 12.4 Å². The van der Waals surface area contributed by atoms with Crippen LogP contribution in [0.15, 0.2) is 9.98 Å². The lowest BCUT2D eigenvalue weighted by Crippen LogP contribution is -2.13. The Bertz CT molecular complexity index is 212. The molecule has 0 aliphatic heterocycles. The molecule has 98 valence electrons. The van der Waals surface area contributed by atoms with Crippen LogP contribution in [0.2, 0.25) is 0 Å². The summed E-state index contributed by atoms with van der Waals surface area (Å²) in [6, 6.07) is 2.64. The molecule has 0 fully saturated rings. The normalized spacial score (nSPS) is 8.69. The van der Waals surface area contributed by atoms with Gasteiger partial charge in [-0.3, -0.25) is 4.21 Å². The van der Waals surface area contributed by atoms with Crippen molar-refractivity contribution in [1.82, 2.24) is 4.90 Å². The molecule has 0 saturated heterocycles. The molecule has 0 aromatic rings. The molecule has 0 saturated carbocycles. The summed E-state index contributed by atoms with van der Waals surface area (Å²) >= 11 is 0. The molecule has 0 aromatic carbocycles. The molecule has 0 spiro atoms. The zero-order valence-corrected chi connectivity index (χ0v) is 12.5. The minimum Gasteiger partial charge on any atom is -0.309 e. The summed E-state index contributed by atoms with van der Waals surface area (Å²) in [6.07, 6.45) is 4.36. The number of hydrogen-bond donors (Lipinski definition) is 0. The highest BCUT2D eigenvalue weighted by atomic mass is 35.5. The molecule has 0 aliphatic rings. The molecule has 0 aliphatic carbocycles. The molecule has 4 nitrogen and oxygen atoms in total. The highest BCUT2D eigenvalue weighted by Gasteiger charge is 1.86. The third-order valence-corrected chi connectivity index (χ3v) is 1.17. The average Bonchev–Trinajstić information content (AvgIpc) is 2.09. The molecule has 0 bridgehead atoms. The van der Waals surface area contributed by atoms with Crippen LogP contribution in [0.5, 0.6) is 0 Å². The summed E-state index contributed by atoms with van der Waals surface area (Å²) in [6.45, 7) is 4.67. The van der Waals surface area contributed by atoms with Gasteiger partial charge in [-0.2, -0.15) is 0 Å². The summed E-state index contributed by atoms with van der Waals surface area (Å²) in [5.74, 6) is 0. The number of nitrogens with zero attached hydrogens (tertiary/aromatic N) is 3. The molecular weight excluding hydrogens is 246 g/mol. The molecule has 0 amide bonds. The van der Waals surface area contributed by atoms with Gasteiger partial charge in [0.2, 0.25) is 0 Å². The first-order chi connectivity index (χ1) is 7.00. The summed E-state index contributed by atoms with van der Waals surface area (Å²) in [4.78, 5) is 9.99. The van der Waals surface area contributed by atoms with E-state index in [0.717, 1.165) is 26.1 Å². The van der Waals surface area contributed by atoms with Crippen molar-refractivity contribution in [3.63, 3.8) is 0 Å². The first-order valence-corrected chi connectivity index (χ1v) is 6.95. The molecular formula is C10H24ClN3OS. The monoisotopic (exact) mass is 269 g/mol. The zero-order valence-electron chi connectivity index (χ0n) is 10.9. The van der Waals surface area contributed by atoms with Gasteiger partial charge >= 0.3 is 0 Å². The second-order valence-corrected chi connectivity index (χ2v) is 4.84. The minimum atomic E-state index is -0.611. The smallest absolute Gasteiger partial charge is 0.0892 e. The third kappa shape index (κ3) is 37.2. The van der Waals surface area contributed by atoms with Gasteiger partial charge in [-0.15, -0.1) is 12.4 Å². The van der Waals surface area contributed by atoms with E-state index in [1.54, 1.807) is 12.5 Å². The van der Waals surface area contributed by atoms with Crippen molar-refractivity contribution in [3.05, 3.63) is 0 Å². The number of rotatable bonds is 5. The van der Waals surface area contributed by atoms with Crippen LogP contribution in [0.25, 0.3) is 0 Å². The van der Waals surface area contributed by atoms with Crippen LogP contribution in [0.4, 0.5) is 0 Å². The average molecular weight is 270 g/mol. The fourth-order valence-electron chi connectivity index (χ4n) is 0.637. The van der Waals surface area contributed by atoms with Gasteiger partial charge in [0.05, 0.1) is 12.6 Å². The third-order valence-electron chi connectivity index (χ3n) is 1.17. The van der Waals surface area contributed by atoms with E-state index in [9.17, 15) is 4.21 Å². The van der Waals surface area contributed by atoms with Crippen molar-refractivity contribution in [1.29, 1.82) is 0 Å². The van der Waals surface area contributed by atoms with Crippen molar-refractivity contribution < 1.29 is 4.21 Å². The van der Waals surface area contributed by atoms with Crippen molar-refractivity contribution in [3.8, 4) is 0 Å². The van der Waals surface area contributed by atoms with Crippen LogP contribution in [0, 0.1) is 0 Å². The highest BCUT2D eigenvalue weighted by molar-refractivity contribution is 7.83. The van der Waals surface area contributed by atoms with Crippen molar-refractivity contribution in [2.45, 2.75) is 13.3 Å². The summed E-state index contributed by atoms with van der Waals surface area (Å²) < 4.78 is 9.56. The quantitative estimate of drug-likeness (QED) is 0.562. The fourth-order valence-corrected chi connectivity index (χ4v) is 0.637. The maximum atomic E-state index is 9.56. The maximum absolute atomic E-state index is 9.56. The number of hydrogen-bond acceptors (Lipinski definition) is 4. The van der Waals surface area contributed by atoms with Crippen LogP contribution in [0.1, 0.15) is 13.3 Å². The Labute approximate surface area is 108 Å². The second kappa shape index (κ2) is 17.2. The second-order valence-electron chi connectivity index (χ2n) is 3.35. The molecule has 16 heavy (non-hydrogen) atoms. The molecule has 0 radical (unpaired) electrons. The summed E-state index contributed by atoms with van der Waals surface area (Å²) in [7, 11) is 3.51. The van der Waals surface area contributed by atoms with Gasteiger partial charge in [-0.05, 0) is 34.0 Å². The zero-order chi connectivity index (χ0) is 12.1. The minimum absolute atomic E-state index is 0. The van der Waals surface area contributed by atoms with E-state index < -0.39 is 10.8 Å². The number of halogens is 1. The largest absolute Gasteiger partial charge is 0.309 e. The van der Waals surface area contributed by atoms with E-state index in [0.29, 0.717) is 0 Å². The summed E-state index contributed by atoms with van der Waals surface area (Å²) in [5, 5.41) is 0. The van der Waals surface area contributed by atoms with E-state index in [1.165, 1.54) is 0 Å². The van der Waals surface area contributed by atoms with Gasteiger partial charge in [-0.25, -0.2) is 9.98 Å². The van der Waals surface area contributed by atoms with Crippen LogP contribution in [-0.4, -0.2) is 61.4 Å². The summed E-state index contributed by atoms with van der Waals surface area (Å²) in [5.41, 5.74) is 0. The van der Waals surface area contributed by atoms with Gasteiger partial charge in [0.25, 0.3) is 0 Å². The van der Waals surface area contributed by atoms with E-state index in [1.807, 2.05) is 6.92 Å². The Morgan fingerprint density at radius 3 is 2.12 bits per heavy atom. The SMILES string of the molecule is CCN=C=NCCCN(C)C.CS(C)=O.Cl. The molecule has 0 rings (SSSR count). The Morgan fingerprint density at radius 2 is 1.75 bits per heavy atom. The van der Waals surface area contributed by atoms with Crippen molar-refractivity contribution >= 4 is 29.2 Å². The predicted molar refractivity (Wildman–Crippen MR) is 75.7 cm³/mol. The first kappa shape index (κ1) is 21.1. The molecule has 0 unspecified atom stereocenters. The Balaban J connectivity index is -0.000000292. The number of aliphatic imine (C=N–C) groups is 2. The first-order valence-electron chi connectivity index (χ1n) is 4.98. The van der Waals surface area contributed by atoms with E-state index >= 15 is 0 Å². The van der Waals surface area contributed by atoms with E-state index in [4.69, 9.17) is 0 Å². The molecule has 0 atom stereocenters. The highest BCUT2D eigenvalue weighted by Crippen LogP contribution is 1.82. The van der Waals surface area contributed by atoms with Crippen LogP contribution < -0.4 is 0 Å². The Hall–Kier alpha value is -0.220. The van der Waals surface area contributed by atoms with Gasteiger partial charge in [-0.1, -0.05) is 0 Å². The Kier molecular flexibility index (Phi) is 22.7. The molecule has 0 aromatic heterocycles. The standard InChI is InChI=1S/C8H17N3.C2H6OS.ClH/c1-4-9-8-10-6-5-7-11(2)3;1-4(2)3;/h4-7H2,1-3H3;1-2H3;1H. The van der Waals surface area contributed by atoms with Crippen LogP contribution in [0.3, 0.4) is 0 Å². The van der Waals surface area contributed by atoms with Crippen molar-refractivity contribution in [2.75, 3.05) is 46.2 Å². The van der Waals surface area contributed by atoms with Crippen molar-refractivity contribution in [2.24, 2.45) is 9.98 Å². The lowest BCUT2D eigenvalue weighted by atomic mass is 10.4. The van der Waals surface area contributed by atoms with E-state index in [-0.39, 0.29) is 12.4 Å². The van der Waals surface area contributed by atoms with Gasteiger partial charge in [0.15, 0.2) is 0 Å². The van der Waals surface area contributed by atoms with Gasteiger partial charge < -0.3 is 4.90 Å². The molecule has 0 N–H and O–H groups in total. The van der Waals surface area contributed by atoms with E-state index in [2.05, 4.69) is 35.0 Å². The maximum Gasteiger partial charge on any atom is 0.0892 e. The van der Waals surface area contributed by atoms with Gasteiger partial charge in [0, 0.05) is 29.9 Å². The molecule has 0 heterocycles. The molecule has 6 heteroatoms. The van der Waals surface area contributed by atoms with Gasteiger partial charge in [0.1, 0.15) is 0 Å². The topological polar surface area (TPSA) is 45.0 Å².